The van der Waals surface area contributed by atoms with Crippen molar-refractivity contribution in [3.05, 3.63) is 35.9 Å². The summed E-state index contributed by atoms with van der Waals surface area (Å²) in [5.41, 5.74) is -0.286. The third-order valence-electron chi connectivity index (χ3n) is 7.03. The second-order valence-electron chi connectivity index (χ2n) is 10.4. The first kappa shape index (κ1) is 31.0. The molecule has 0 aliphatic heterocycles. The van der Waals surface area contributed by atoms with Crippen molar-refractivity contribution in [2.75, 3.05) is 5.32 Å². The minimum atomic E-state index is -4.62. The van der Waals surface area contributed by atoms with Crippen LogP contribution in [0.4, 0.5) is 32.0 Å². The van der Waals surface area contributed by atoms with E-state index in [0.717, 1.165) is 10.9 Å². The Labute approximate surface area is 235 Å². The first-order chi connectivity index (χ1) is 19.7. The molecule has 230 valence electrons. The molecule has 3 aromatic rings. The maximum Gasteiger partial charge on any atom is 0.408 e. The molecule has 2 atom stereocenters. The molecule has 0 saturated heterocycles. The number of alkyl halides is 5. The number of anilines is 1. The van der Waals surface area contributed by atoms with Crippen molar-refractivity contribution in [1.29, 1.82) is 0 Å². The second kappa shape index (κ2) is 12.1. The van der Waals surface area contributed by atoms with Crippen LogP contribution in [0, 0.1) is 11.9 Å². The zero-order valence-corrected chi connectivity index (χ0v) is 22.9. The fourth-order valence-electron chi connectivity index (χ4n) is 4.96. The molecule has 1 saturated carbocycles. The van der Waals surface area contributed by atoms with Crippen LogP contribution >= 0.6 is 0 Å². The SMILES string of the molecule is CCC(c1nnnn1CC(F)(F)F)n1cc(NC(=O)[C@@H](NC(=O)c2ccnn2C(C)C)C2CCC(F)(F)CC2)c(F)n1. The normalized spacial score (nSPS) is 17.3. The number of nitrogens with zero attached hydrogens (tertiary/aromatic N) is 8. The number of hydrogen-bond donors (Lipinski definition) is 2. The van der Waals surface area contributed by atoms with Crippen LogP contribution in [0.1, 0.15) is 81.3 Å². The number of nitrogens with one attached hydrogen (secondary N) is 2. The molecular weight excluding hydrogens is 574 g/mol. The van der Waals surface area contributed by atoms with Gasteiger partial charge in [0.2, 0.25) is 11.8 Å². The summed E-state index contributed by atoms with van der Waals surface area (Å²) in [7, 11) is 0. The van der Waals surface area contributed by atoms with Crippen LogP contribution in [0.3, 0.4) is 0 Å². The molecule has 42 heavy (non-hydrogen) atoms. The van der Waals surface area contributed by atoms with Crippen LogP contribution in [-0.4, -0.2) is 69.7 Å². The third kappa shape index (κ3) is 7.07. The van der Waals surface area contributed by atoms with Crippen LogP contribution in [0.5, 0.6) is 0 Å². The van der Waals surface area contributed by atoms with Gasteiger partial charge in [-0.1, -0.05) is 6.92 Å². The summed E-state index contributed by atoms with van der Waals surface area (Å²) in [6.07, 6.45) is -3.15. The Hall–Kier alpha value is -3.99. The number of amides is 2. The molecule has 4 rings (SSSR count). The van der Waals surface area contributed by atoms with Gasteiger partial charge in [-0.2, -0.15) is 22.7 Å². The van der Waals surface area contributed by atoms with E-state index in [2.05, 4.69) is 36.4 Å². The second-order valence-corrected chi connectivity index (χ2v) is 10.4. The van der Waals surface area contributed by atoms with E-state index in [4.69, 9.17) is 0 Å². The molecule has 18 heteroatoms. The summed E-state index contributed by atoms with van der Waals surface area (Å²) < 4.78 is 84.5. The summed E-state index contributed by atoms with van der Waals surface area (Å²) in [4.78, 5) is 26.6. The summed E-state index contributed by atoms with van der Waals surface area (Å²) >= 11 is 0. The van der Waals surface area contributed by atoms with Gasteiger partial charge in [0.1, 0.15) is 30.0 Å². The maximum absolute atomic E-state index is 14.9. The predicted octanol–water partition coefficient (Wildman–Crippen LogP) is 3.91. The van der Waals surface area contributed by atoms with Crippen molar-refractivity contribution >= 4 is 17.5 Å². The Bertz CT molecular complexity index is 1390. The number of halogens is 6. The first-order valence-electron chi connectivity index (χ1n) is 13.3. The van der Waals surface area contributed by atoms with Gasteiger partial charge in [-0.15, -0.1) is 10.2 Å². The van der Waals surface area contributed by atoms with Crippen molar-refractivity contribution in [2.24, 2.45) is 5.92 Å². The molecule has 2 N–H and O–H groups in total. The highest BCUT2D eigenvalue weighted by Crippen LogP contribution is 2.38. The first-order valence-corrected chi connectivity index (χ1v) is 13.3. The van der Waals surface area contributed by atoms with E-state index in [1.54, 1.807) is 20.8 Å². The molecule has 0 bridgehead atoms. The molecule has 1 aliphatic rings. The Morgan fingerprint density at radius 1 is 1.19 bits per heavy atom. The molecule has 1 fully saturated rings. The molecule has 0 aromatic carbocycles. The Morgan fingerprint density at radius 3 is 2.50 bits per heavy atom. The lowest BCUT2D eigenvalue weighted by Crippen LogP contribution is -2.50. The van der Waals surface area contributed by atoms with Gasteiger partial charge in [0.05, 0.1) is 6.20 Å². The third-order valence-corrected chi connectivity index (χ3v) is 7.03. The lowest BCUT2D eigenvalue weighted by molar-refractivity contribution is -0.143. The van der Waals surface area contributed by atoms with Gasteiger partial charge in [0.25, 0.3) is 11.9 Å². The number of hydrogen-bond acceptors (Lipinski definition) is 7. The van der Waals surface area contributed by atoms with E-state index < -0.39 is 72.9 Å². The van der Waals surface area contributed by atoms with Crippen LogP contribution in [0.2, 0.25) is 0 Å². The Kier molecular flexibility index (Phi) is 8.91. The largest absolute Gasteiger partial charge is 0.408 e. The number of carbonyl (C=O) groups excluding carboxylic acids is 2. The molecule has 2 amide bonds. The topological polar surface area (TPSA) is 137 Å². The van der Waals surface area contributed by atoms with Crippen LogP contribution in [0.15, 0.2) is 18.5 Å². The standard InChI is InChI=1S/C24H30F6N10O2/c1-4-16(20-34-36-37-39(20)12-24(28,29)30)38-11-15(19(25)35-38)32-22(42)18(14-5-8-23(26,27)9-6-14)33-21(41)17-7-10-31-40(17)13(2)3/h7,10-11,13-14,16,18H,4-6,8-9,12H2,1-3H3,(H,32,42)(H,33,41)/t16?,18-/m0/s1. The van der Waals surface area contributed by atoms with Gasteiger partial charge in [-0.3, -0.25) is 19.0 Å². The van der Waals surface area contributed by atoms with E-state index in [0.29, 0.717) is 4.68 Å². The van der Waals surface area contributed by atoms with Crippen molar-refractivity contribution in [1.82, 2.24) is 45.1 Å². The van der Waals surface area contributed by atoms with Crippen molar-refractivity contribution in [3.8, 4) is 0 Å². The van der Waals surface area contributed by atoms with Gasteiger partial charge < -0.3 is 10.6 Å². The smallest absolute Gasteiger partial charge is 0.339 e. The van der Waals surface area contributed by atoms with E-state index in [-0.39, 0.29) is 36.8 Å². The average molecular weight is 605 g/mol. The average Bonchev–Trinajstić information content (AvgIpc) is 3.64. The van der Waals surface area contributed by atoms with Gasteiger partial charge >= 0.3 is 6.18 Å². The van der Waals surface area contributed by atoms with Crippen LogP contribution in [-0.2, 0) is 11.3 Å². The minimum absolute atomic E-state index is 0.0731. The molecule has 12 nitrogen and oxygen atoms in total. The van der Waals surface area contributed by atoms with Crippen LogP contribution in [0.25, 0.3) is 0 Å². The molecule has 1 aliphatic carbocycles. The highest BCUT2D eigenvalue weighted by atomic mass is 19.4. The maximum atomic E-state index is 14.9. The van der Waals surface area contributed by atoms with Crippen molar-refractivity contribution in [2.45, 2.75) is 89.6 Å². The lowest BCUT2D eigenvalue weighted by atomic mass is 9.81. The molecule has 0 spiro atoms. The Morgan fingerprint density at radius 2 is 1.88 bits per heavy atom. The number of aromatic nitrogens is 8. The molecule has 3 heterocycles. The van der Waals surface area contributed by atoms with Crippen LogP contribution < -0.4 is 10.6 Å². The minimum Gasteiger partial charge on any atom is -0.339 e. The molecule has 1 unspecified atom stereocenters. The summed E-state index contributed by atoms with van der Waals surface area (Å²) in [5.74, 6) is -6.51. The summed E-state index contributed by atoms with van der Waals surface area (Å²) in [6, 6.07) is -1.08. The number of rotatable bonds is 10. The quantitative estimate of drug-likeness (QED) is 0.335. The van der Waals surface area contributed by atoms with Gasteiger partial charge in [-0.25, -0.2) is 13.5 Å². The molecule has 0 radical (unpaired) electrons. The predicted molar refractivity (Wildman–Crippen MR) is 134 cm³/mol. The fourth-order valence-corrected chi connectivity index (χ4v) is 4.96. The van der Waals surface area contributed by atoms with E-state index in [1.165, 1.54) is 16.9 Å². The van der Waals surface area contributed by atoms with E-state index >= 15 is 0 Å². The van der Waals surface area contributed by atoms with E-state index in [9.17, 15) is 35.9 Å². The lowest BCUT2D eigenvalue weighted by Gasteiger charge is -2.33. The highest BCUT2D eigenvalue weighted by molar-refractivity contribution is 6.00. The summed E-state index contributed by atoms with van der Waals surface area (Å²) in [5, 5.41) is 23.0. The molecule has 3 aromatic heterocycles. The fraction of sp³-hybridized carbons (Fsp3) is 0.625. The van der Waals surface area contributed by atoms with Gasteiger partial charge in [-0.05, 0) is 55.5 Å². The van der Waals surface area contributed by atoms with Crippen molar-refractivity contribution in [3.63, 3.8) is 0 Å². The number of tetrazole rings is 1. The van der Waals surface area contributed by atoms with Crippen molar-refractivity contribution < 1.29 is 35.9 Å². The monoisotopic (exact) mass is 604 g/mol. The summed E-state index contributed by atoms with van der Waals surface area (Å²) in [6.45, 7) is 3.71. The zero-order chi connectivity index (χ0) is 30.8. The van der Waals surface area contributed by atoms with Gasteiger partial charge in [0, 0.05) is 25.1 Å². The van der Waals surface area contributed by atoms with E-state index in [1.807, 2.05) is 0 Å². The highest BCUT2D eigenvalue weighted by Gasteiger charge is 2.41. The molecular formula is C24H30F6N10O2. The number of carbonyl (C=O) groups is 2. The Balaban J connectivity index is 1.57. The zero-order valence-electron chi connectivity index (χ0n) is 22.9. The van der Waals surface area contributed by atoms with Gasteiger partial charge in [0.15, 0.2) is 5.82 Å².